The fraction of sp³-hybridized carbons (Fsp3) is 0. The number of hydrogen-bond donors (Lipinski definition) is 0. The van der Waals surface area contributed by atoms with Gasteiger partial charge in [-0.25, -0.2) is 0 Å². The second-order valence-corrected chi connectivity index (χ2v) is 4.77. The third-order valence-corrected chi connectivity index (χ3v) is 3.95. The zero-order valence-electron chi connectivity index (χ0n) is 7.70. The quantitative estimate of drug-likeness (QED) is 0.469. The van der Waals surface area contributed by atoms with Gasteiger partial charge in [-0.15, -0.1) is 0 Å². The van der Waals surface area contributed by atoms with Gasteiger partial charge in [-0.3, -0.25) is 0 Å². The molecule has 65 valence electrons. The summed E-state index contributed by atoms with van der Waals surface area (Å²) >= 11 is 0. The van der Waals surface area contributed by atoms with Crippen LogP contribution in [0.5, 0.6) is 0 Å². The summed E-state index contributed by atoms with van der Waals surface area (Å²) in [6.07, 6.45) is 2.28. The van der Waals surface area contributed by atoms with Gasteiger partial charge < -0.3 is 0 Å². The molecule has 1 aliphatic rings. The van der Waals surface area contributed by atoms with Crippen molar-refractivity contribution < 1.29 is 0 Å². The van der Waals surface area contributed by atoms with Crippen molar-refractivity contribution in [1.82, 2.24) is 0 Å². The molecule has 0 aliphatic carbocycles. The van der Waals surface area contributed by atoms with E-state index in [-0.39, 0.29) is 0 Å². The van der Waals surface area contributed by atoms with Crippen LogP contribution in [0.3, 0.4) is 0 Å². The molecular weight excluding hydrogens is 184 g/mol. The van der Waals surface area contributed by atoms with Gasteiger partial charge in [0.15, 0.2) is 0 Å². The first-order chi connectivity index (χ1) is 6.93. The summed E-state index contributed by atoms with van der Waals surface area (Å²) in [5, 5.41) is 2.84. The number of hydrogen-bond acceptors (Lipinski definition) is 0. The van der Waals surface area contributed by atoms with Crippen molar-refractivity contribution in [2.24, 2.45) is 0 Å². The van der Waals surface area contributed by atoms with Crippen molar-refractivity contribution >= 4 is 20.4 Å². The molecule has 1 heterocycles. The van der Waals surface area contributed by atoms with E-state index in [9.17, 15) is 0 Å². The van der Waals surface area contributed by atoms with Crippen LogP contribution in [0.4, 0.5) is 0 Å². The van der Waals surface area contributed by atoms with E-state index in [1.807, 2.05) is 0 Å². The third kappa shape index (κ3) is 1.17. The van der Waals surface area contributed by atoms with E-state index in [0.29, 0.717) is 0 Å². The zero-order chi connectivity index (χ0) is 9.38. The topological polar surface area (TPSA) is 0 Å². The van der Waals surface area contributed by atoms with E-state index < -0.39 is 0 Å². The van der Waals surface area contributed by atoms with Gasteiger partial charge in [0, 0.05) is 0 Å². The van der Waals surface area contributed by atoms with Gasteiger partial charge in [0.25, 0.3) is 0 Å². The first kappa shape index (κ1) is 7.89. The van der Waals surface area contributed by atoms with Gasteiger partial charge in [0.1, 0.15) is 0 Å². The average molecular weight is 193 g/mol. The predicted octanol–water partition coefficient (Wildman–Crippen LogP) is 1.11. The lowest BCUT2D eigenvalue weighted by Crippen LogP contribution is -2.21. The molecule has 3 rings (SSSR count). The van der Waals surface area contributed by atoms with Crippen molar-refractivity contribution in [3.63, 3.8) is 0 Å². The van der Waals surface area contributed by atoms with Crippen LogP contribution < -0.4 is 10.4 Å². The van der Waals surface area contributed by atoms with Crippen molar-refractivity contribution in [3.8, 4) is 0 Å². The van der Waals surface area contributed by atoms with Gasteiger partial charge in [0.2, 0.25) is 0 Å². The molecule has 2 aromatic carbocycles. The van der Waals surface area contributed by atoms with Crippen LogP contribution in [0.25, 0.3) is 6.08 Å². The molecular formula is C13H9Si. The Labute approximate surface area is 85.0 Å². The molecule has 0 bridgehead atoms. The summed E-state index contributed by atoms with van der Waals surface area (Å²) in [6.45, 7) is 0. The molecule has 2 aromatic rings. The highest BCUT2D eigenvalue weighted by Crippen LogP contribution is 1.99. The molecule has 0 fully saturated rings. The maximum absolute atomic E-state index is 2.28. The smallest absolute Gasteiger partial charge is 0.0620 e. The van der Waals surface area contributed by atoms with Crippen LogP contribution in [0, 0.1) is 4.81 Å². The fourth-order valence-corrected chi connectivity index (χ4v) is 3.03. The van der Waals surface area contributed by atoms with Crippen LogP contribution in [0.1, 0.15) is 5.56 Å². The van der Waals surface area contributed by atoms with Crippen molar-refractivity contribution in [2.75, 3.05) is 0 Å². The van der Waals surface area contributed by atoms with E-state index in [1.165, 1.54) is 20.8 Å². The van der Waals surface area contributed by atoms with Crippen LogP contribution >= 0.6 is 0 Å². The predicted molar refractivity (Wildman–Crippen MR) is 60.3 cm³/mol. The normalized spacial score (nSPS) is 12.0. The lowest BCUT2D eigenvalue weighted by atomic mass is 10.1. The first-order valence-corrected chi connectivity index (χ1v) is 5.73. The Morgan fingerprint density at radius 2 is 1.57 bits per heavy atom. The lowest BCUT2D eigenvalue weighted by molar-refractivity contribution is 1.54. The molecule has 0 saturated heterocycles. The monoisotopic (exact) mass is 193 g/mol. The minimum atomic E-state index is 0.813. The SMILES string of the molecule is C1=c2ccccc2=[Si]c2ccccc21. The first-order valence-electron chi connectivity index (χ1n) is 4.73. The fourth-order valence-electron chi connectivity index (χ4n) is 1.79. The molecule has 0 nitrogen and oxygen atoms in total. The van der Waals surface area contributed by atoms with E-state index in [4.69, 9.17) is 0 Å². The van der Waals surface area contributed by atoms with Crippen LogP contribution in [-0.2, 0) is 0 Å². The Hall–Kier alpha value is -1.47. The molecule has 14 heavy (non-hydrogen) atoms. The Bertz CT molecular complexity index is 543. The second-order valence-electron chi connectivity index (χ2n) is 3.44. The van der Waals surface area contributed by atoms with Gasteiger partial charge in [-0.1, -0.05) is 48.5 Å². The Morgan fingerprint density at radius 1 is 0.786 bits per heavy atom. The molecule has 1 heteroatoms. The number of rotatable bonds is 0. The van der Waals surface area contributed by atoms with Crippen LogP contribution in [-0.4, -0.2) is 9.13 Å². The summed E-state index contributed by atoms with van der Waals surface area (Å²) in [5.74, 6) is 0. The molecule has 0 spiro atoms. The standard InChI is InChI=1S/C13H9Si/c1-3-7-12-10(5-1)9-11-6-2-4-8-13(11)14-12/h1-9H. The van der Waals surface area contributed by atoms with Crippen molar-refractivity contribution in [3.05, 3.63) is 64.1 Å². The van der Waals surface area contributed by atoms with Gasteiger partial charge in [-0.2, -0.15) is 0 Å². The zero-order valence-corrected chi connectivity index (χ0v) is 8.70. The summed E-state index contributed by atoms with van der Waals surface area (Å²) in [4.78, 5) is 1.46. The van der Waals surface area contributed by atoms with Crippen molar-refractivity contribution in [2.45, 2.75) is 0 Å². The summed E-state index contributed by atoms with van der Waals surface area (Å²) in [6, 6.07) is 17.3. The van der Waals surface area contributed by atoms with E-state index in [1.54, 1.807) is 0 Å². The summed E-state index contributed by atoms with van der Waals surface area (Å²) in [5.41, 5.74) is 1.38. The number of fused-ring (bicyclic) bond motifs is 2. The van der Waals surface area contributed by atoms with E-state index in [2.05, 4.69) is 54.6 Å². The van der Waals surface area contributed by atoms with Gasteiger partial charge >= 0.3 is 0 Å². The molecule has 0 unspecified atom stereocenters. The highest BCUT2D eigenvalue weighted by molar-refractivity contribution is 6.47. The molecule has 0 amide bonds. The summed E-state index contributed by atoms with van der Waals surface area (Å²) < 4.78 is 0. The molecule has 0 aromatic heterocycles. The lowest BCUT2D eigenvalue weighted by Gasteiger charge is -2.04. The van der Waals surface area contributed by atoms with Gasteiger partial charge in [-0.05, 0) is 26.9 Å². The Kier molecular flexibility index (Phi) is 1.71. The number of benzene rings is 2. The second kappa shape index (κ2) is 3.03. The maximum Gasteiger partial charge on any atom is 0.0702 e. The minimum Gasteiger partial charge on any atom is -0.0620 e. The van der Waals surface area contributed by atoms with Gasteiger partial charge in [0.05, 0.1) is 9.13 Å². The molecule has 0 saturated carbocycles. The highest BCUT2D eigenvalue weighted by Gasteiger charge is 2.00. The van der Waals surface area contributed by atoms with E-state index >= 15 is 0 Å². The maximum atomic E-state index is 2.28. The molecule has 1 radical (unpaired) electrons. The molecule has 0 N–H and O–H groups in total. The third-order valence-electron chi connectivity index (χ3n) is 2.50. The highest BCUT2D eigenvalue weighted by atomic mass is 28.2. The molecule has 0 atom stereocenters. The summed E-state index contributed by atoms with van der Waals surface area (Å²) in [7, 11) is 0.813. The van der Waals surface area contributed by atoms with Crippen LogP contribution in [0.15, 0.2) is 48.5 Å². The minimum absolute atomic E-state index is 0.813. The Balaban J connectivity index is 2.42. The molecule has 1 aliphatic heterocycles. The van der Waals surface area contributed by atoms with Crippen LogP contribution in [0.2, 0.25) is 0 Å². The van der Waals surface area contributed by atoms with Crippen molar-refractivity contribution in [1.29, 1.82) is 0 Å². The average Bonchev–Trinajstić information content (AvgIpc) is 2.26. The van der Waals surface area contributed by atoms with E-state index in [0.717, 1.165) is 9.13 Å². The Morgan fingerprint density at radius 3 is 2.57 bits per heavy atom. The largest absolute Gasteiger partial charge is 0.0702 e.